The van der Waals surface area contributed by atoms with Crippen molar-refractivity contribution in [1.29, 1.82) is 0 Å². The van der Waals surface area contributed by atoms with E-state index in [4.69, 9.17) is 5.53 Å². The summed E-state index contributed by atoms with van der Waals surface area (Å²) in [6, 6.07) is 0.976. The zero-order valence-electron chi connectivity index (χ0n) is 8.43. The summed E-state index contributed by atoms with van der Waals surface area (Å²) in [6.07, 6.45) is 2.28. The predicted octanol–water partition coefficient (Wildman–Crippen LogP) is 1.55. The maximum Gasteiger partial charge on any atom is 0.0968 e. The average Bonchev–Trinajstić information content (AvgIpc) is 2.44. The molecular weight excluding hydrogens is 178 g/mol. The van der Waals surface area contributed by atoms with E-state index >= 15 is 0 Å². The molecule has 0 saturated carbocycles. The number of rotatable bonds is 2. The Bertz CT molecular complexity index is 294. The van der Waals surface area contributed by atoms with Crippen LogP contribution >= 0.6 is 0 Å². The van der Waals surface area contributed by atoms with E-state index in [2.05, 4.69) is 33.5 Å². The second-order valence-electron chi connectivity index (χ2n) is 3.98. The minimum Gasteiger partial charge on any atom is -0.357 e. The Hall–Kier alpha value is -1.35. The first kappa shape index (κ1) is 9.21. The number of hydrogen-bond donors (Lipinski definition) is 0. The highest BCUT2D eigenvalue weighted by molar-refractivity contribution is 5.09. The normalized spacial score (nSPS) is 30.5. The monoisotopic (exact) mass is 193 g/mol. The molecule has 2 bridgehead atoms. The first-order valence-electron chi connectivity index (χ1n) is 4.93. The molecule has 0 amide bonds. The second-order valence-corrected chi connectivity index (χ2v) is 3.98. The number of hydrogen-bond acceptors (Lipinski definition) is 3. The van der Waals surface area contributed by atoms with Gasteiger partial charge in [-0.1, -0.05) is 11.7 Å². The van der Waals surface area contributed by atoms with Crippen LogP contribution in [0, 0.1) is 0 Å². The molecule has 5 nitrogen and oxygen atoms in total. The third-order valence-electron chi connectivity index (χ3n) is 3.32. The average molecular weight is 193 g/mol. The van der Waals surface area contributed by atoms with Crippen molar-refractivity contribution < 1.29 is 0 Å². The molecule has 0 unspecified atom stereocenters. The summed E-state index contributed by atoms with van der Waals surface area (Å²) in [7, 11) is 2.09. The van der Waals surface area contributed by atoms with Gasteiger partial charge >= 0.3 is 0 Å². The van der Waals surface area contributed by atoms with Crippen molar-refractivity contribution in [3.8, 4) is 0 Å². The summed E-state index contributed by atoms with van der Waals surface area (Å²) < 4.78 is 0. The second kappa shape index (κ2) is 3.42. The Kier molecular flexibility index (Phi) is 2.25. The van der Waals surface area contributed by atoms with Crippen LogP contribution in [0.2, 0.25) is 0 Å². The smallest absolute Gasteiger partial charge is 0.0968 e. The van der Waals surface area contributed by atoms with Crippen molar-refractivity contribution >= 4 is 0 Å². The molecule has 0 aromatic carbocycles. The molecule has 2 atom stereocenters. The maximum atomic E-state index is 8.29. The topological polar surface area (TPSA) is 55.2 Å². The van der Waals surface area contributed by atoms with E-state index in [9.17, 15) is 0 Å². The number of fused-ring (bicyclic) bond motifs is 2. The number of nitrogens with zero attached hydrogens (tertiary/aromatic N) is 5. The van der Waals surface area contributed by atoms with E-state index in [-0.39, 0.29) is 0 Å². The van der Waals surface area contributed by atoms with Crippen LogP contribution < -0.4 is 0 Å². The standard InChI is InChI=1S/C9H15N5/c1-7-13(2)9-4-3-8(5-11-12-10)14(7)6-9/h8-9H,1,3-6H2,2H3/t8-,9+/m1/s1. The Balaban J connectivity index is 2.09. The summed E-state index contributed by atoms with van der Waals surface area (Å²) >= 11 is 0. The minimum atomic E-state index is 0.361. The van der Waals surface area contributed by atoms with E-state index in [1.165, 1.54) is 6.42 Å². The fraction of sp³-hybridized carbons (Fsp3) is 0.778. The van der Waals surface area contributed by atoms with Gasteiger partial charge in [-0.15, -0.1) is 0 Å². The van der Waals surface area contributed by atoms with Gasteiger partial charge in [-0.25, -0.2) is 0 Å². The van der Waals surface area contributed by atoms with Gasteiger partial charge in [0.05, 0.1) is 5.82 Å². The summed E-state index contributed by atoms with van der Waals surface area (Å²) in [5.41, 5.74) is 8.29. The first-order chi connectivity index (χ1) is 6.74. The highest BCUT2D eigenvalue weighted by atomic mass is 15.4. The van der Waals surface area contributed by atoms with Crippen LogP contribution in [0.4, 0.5) is 0 Å². The minimum absolute atomic E-state index is 0.361. The molecule has 0 aromatic heterocycles. The van der Waals surface area contributed by atoms with Crippen molar-refractivity contribution in [3.63, 3.8) is 0 Å². The van der Waals surface area contributed by atoms with Crippen LogP contribution in [0.15, 0.2) is 17.5 Å². The molecule has 5 heteroatoms. The SMILES string of the molecule is C=C1N(C)[C@H]2CC[C@H](CN=[N+]=[N-])N1C2. The van der Waals surface area contributed by atoms with Crippen LogP contribution in [0.1, 0.15) is 12.8 Å². The summed E-state index contributed by atoms with van der Waals surface area (Å²) in [4.78, 5) is 7.31. The molecule has 76 valence electrons. The molecule has 0 aliphatic carbocycles. The van der Waals surface area contributed by atoms with Gasteiger partial charge in [0.25, 0.3) is 0 Å². The summed E-state index contributed by atoms with van der Waals surface area (Å²) in [6.45, 7) is 5.66. The number of azide groups is 1. The van der Waals surface area contributed by atoms with Crippen LogP contribution in [0.3, 0.4) is 0 Å². The van der Waals surface area contributed by atoms with Gasteiger partial charge in [0.15, 0.2) is 0 Å². The van der Waals surface area contributed by atoms with Crippen molar-refractivity contribution in [2.45, 2.75) is 24.9 Å². The zero-order valence-corrected chi connectivity index (χ0v) is 8.43. The molecule has 0 radical (unpaired) electrons. The molecule has 0 spiro atoms. The van der Waals surface area contributed by atoms with E-state index < -0.39 is 0 Å². The lowest BCUT2D eigenvalue weighted by Gasteiger charge is -2.31. The summed E-state index contributed by atoms with van der Waals surface area (Å²) in [5.74, 6) is 1.07. The fourth-order valence-electron chi connectivity index (χ4n) is 2.37. The largest absolute Gasteiger partial charge is 0.357 e. The van der Waals surface area contributed by atoms with Gasteiger partial charge in [-0.05, 0) is 18.4 Å². The van der Waals surface area contributed by atoms with Crippen LogP contribution in [0.5, 0.6) is 0 Å². The van der Waals surface area contributed by atoms with E-state index in [0.717, 1.165) is 18.8 Å². The molecule has 2 rings (SSSR count). The number of likely N-dealkylation sites (N-methyl/N-ethyl adjacent to an activating group) is 1. The van der Waals surface area contributed by atoms with Crippen LogP contribution in [0.25, 0.3) is 10.4 Å². The predicted molar refractivity (Wildman–Crippen MR) is 54.4 cm³/mol. The lowest BCUT2D eigenvalue weighted by molar-refractivity contribution is 0.229. The van der Waals surface area contributed by atoms with Gasteiger partial charge in [0, 0.05) is 37.1 Å². The maximum absolute atomic E-state index is 8.29. The van der Waals surface area contributed by atoms with Crippen LogP contribution in [-0.4, -0.2) is 42.0 Å². The quantitative estimate of drug-likeness (QED) is 0.379. The van der Waals surface area contributed by atoms with Crippen molar-refractivity contribution in [2.24, 2.45) is 5.11 Å². The lowest BCUT2D eigenvalue weighted by atomic mass is 10.0. The summed E-state index contributed by atoms with van der Waals surface area (Å²) in [5, 5.41) is 3.65. The third kappa shape index (κ3) is 1.30. The molecule has 2 aliphatic heterocycles. The molecule has 2 aliphatic rings. The molecule has 2 saturated heterocycles. The first-order valence-corrected chi connectivity index (χ1v) is 4.93. The third-order valence-corrected chi connectivity index (χ3v) is 3.32. The molecule has 0 N–H and O–H groups in total. The van der Waals surface area contributed by atoms with Gasteiger partial charge < -0.3 is 9.80 Å². The molecular formula is C9H15N5. The van der Waals surface area contributed by atoms with E-state index in [1.54, 1.807) is 0 Å². The van der Waals surface area contributed by atoms with Gasteiger partial charge in [-0.3, -0.25) is 0 Å². The fourth-order valence-corrected chi connectivity index (χ4v) is 2.37. The Morgan fingerprint density at radius 3 is 3.14 bits per heavy atom. The van der Waals surface area contributed by atoms with Crippen molar-refractivity contribution in [1.82, 2.24) is 9.80 Å². The van der Waals surface area contributed by atoms with E-state index in [0.29, 0.717) is 18.6 Å². The van der Waals surface area contributed by atoms with Crippen molar-refractivity contribution in [2.75, 3.05) is 20.1 Å². The Morgan fingerprint density at radius 2 is 2.43 bits per heavy atom. The highest BCUT2D eigenvalue weighted by Crippen LogP contribution is 2.32. The Morgan fingerprint density at radius 1 is 1.64 bits per heavy atom. The molecule has 0 aromatic rings. The van der Waals surface area contributed by atoms with Gasteiger partial charge in [-0.2, -0.15) is 0 Å². The van der Waals surface area contributed by atoms with E-state index in [1.807, 2.05) is 0 Å². The highest BCUT2D eigenvalue weighted by Gasteiger charge is 2.38. The molecule has 14 heavy (non-hydrogen) atoms. The van der Waals surface area contributed by atoms with Gasteiger partial charge in [0.2, 0.25) is 0 Å². The zero-order chi connectivity index (χ0) is 10.1. The lowest BCUT2D eigenvalue weighted by Crippen LogP contribution is -2.39. The number of piperidine rings is 1. The van der Waals surface area contributed by atoms with Gasteiger partial charge in [0.1, 0.15) is 0 Å². The van der Waals surface area contributed by atoms with Crippen molar-refractivity contribution in [3.05, 3.63) is 22.8 Å². The molecule has 2 fully saturated rings. The Labute approximate surface area is 83.6 Å². The van der Waals surface area contributed by atoms with Crippen LogP contribution in [-0.2, 0) is 0 Å². The molecule has 2 heterocycles.